The number of carbonyl (C=O) groups excluding carboxylic acids is 1. The Labute approximate surface area is 148 Å². The molecule has 2 aromatic rings. The second kappa shape index (κ2) is 8.86. The van der Waals surface area contributed by atoms with E-state index >= 15 is 0 Å². The minimum atomic E-state index is 0.00684. The van der Waals surface area contributed by atoms with E-state index in [0.29, 0.717) is 12.1 Å². The highest BCUT2D eigenvalue weighted by Gasteiger charge is 2.07. The van der Waals surface area contributed by atoms with Crippen LogP contribution in [-0.2, 0) is 20.0 Å². The summed E-state index contributed by atoms with van der Waals surface area (Å²) in [5.74, 6) is 0.754. The number of guanidine groups is 1. The summed E-state index contributed by atoms with van der Waals surface area (Å²) in [6, 6.07) is 7.59. The molecule has 1 heterocycles. The van der Waals surface area contributed by atoms with Crippen molar-refractivity contribution in [1.82, 2.24) is 25.3 Å². The minimum Gasteiger partial charge on any atom is -0.356 e. The lowest BCUT2D eigenvalue weighted by Crippen LogP contribution is -2.37. The van der Waals surface area contributed by atoms with Crippen molar-refractivity contribution >= 4 is 11.9 Å². The van der Waals surface area contributed by atoms with Crippen molar-refractivity contribution in [1.29, 1.82) is 0 Å². The van der Waals surface area contributed by atoms with Gasteiger partial charge in [0.1, 0.15) is 0 Å². The van der Waals surface area contributed by atoms with Crippen molar-refractivity contribution in [3.05, 3.63) is 53.3 Å². The molecule has 7 nitrogen and oxygen atoms in total. The molecule has 1 aromatic carbocycles. The smallest absolute Gasteiger partial charge is 0.253 e. The highest BCUT2D eigenvalue weighted by Crippen LogP contribution is 2.06. The molecule has 0 radical (unpaired) electrons. The molecule has 0 unspecified atom stereocenters. The number of nitrogens with zero attached hydrogens (tertiary/aromatic N) is 4. The summed E-state index contributed by atoms with van der Waals surface area (Å²) >= 11 is 0. The van der Waals surface area contributed by atoms with E-state index < -0.39 is 0 Å². The second-order valence-electron chi connectivity index (χ2n) is 6.02. The van der Waals surface area contributed by atoms with Crippen molar-refractivity contribution in [3.8, 4) is 0 Å². The van der Waals surface area contributed by atoms with Gasteiger partial charge in [-0.3, -0.25) is 14.5 Å². The maximum atomic E-state index is 11.9. The number of aryl methyl sites for hydroxylation is 1. The molecule has 0 atom stereocenters. The molecule has 25 heavy (non-hydrogen) atoms. The normalized spacial score (nSPS) is 11.3. The Kier molecular flexibility index (Phi) is 6.56. The van der Waals surface area contributed by atoms with Crippen LogP contribution in [0, 0.1) is 0 Å². The summed E-state index contributed by atoms with van der Waals surface area (Å²) in [6.07, 6.45) is 4.76. The maximum Gasteiger partial charge on any atom is 0.253 e. The van der Waals surface area contributed by atoms with Crippen molar-refractivity contribution in [2.45, 2.75) is 13.0 Å². The van der Waals surface area contributed by atoms with Crippen LogP contribution in [0.2, 0.25) is 0 Å². The molecule has 0 aliphatic rings. The van der Waals surface area contributed by atoms with Crippen molar-refractivity contribution < 1.29 is 4.79 Å². The Morgan fingerprint density at radius 1 is 1.20 bits per heavy atom. The largest absolute Gasteiger partial charge is 0.356 e. The summed E-state index contributed by atoms with van der Waals surface area (Å²) in [5.41, 5.74) is 2.96. The molecule has 0 aliphatic carbocycles. The average molecular weight is 342 g/mol. The van der Waals surface area contributed by atoms with Gasteiger partial charge in [-0.25, -0.2) is 0 Å². The average Bonchev–Trinajstić information content (AvgIpc) is 3.03. The molecule has 1 aromatic heterocycles. The molecule has 0 fully saturated rings. The SMILES string of the molecule is CN=C(NCCc1cnn(C)c1)NCc1ccc(C(=O)N(C)C)cc1. The lowest BCUT2D eigenvalue weighted by atomic mass is 10.1. The van der Waals surface area contributed by atoms with E-state index in [1.807, 2.05) is 43.7 Å². The number of carbonyl (C=O) groups is 1. The first-order valence-corrected chi connectivity index (χ1v) is 8.22. The molecule has 2 rings (SSSR count). The Bertz CT molecular complexity index is 717. The molecule has 0 aliphatic heterocycles. The lowest BCUT2D eigenvalue weighted by Gasteiger charge is -2.13. The molecule has 1 amide bonds. The van der Waals surface area contributed by atoms with Gasteiger partial charge in [0.25, 0.3) is 5.91 Å². The molecule has 0 saturated carbocycles. The fourth-order valence-electron chi connectivity index (χ4n) is 2.36. The Hall–Kier alpha value is -2.83. The fourth-order valence-corrected chi connectivity index (χ4v) is 2.36. The summed E-state index contributed by atoms with van der Waals surface area (Å²) in [6.45, 7) is 1.42. The van der Waals surface area contributed by atoms with Crippen LogP contribution >= 0.6 is 0 Å². The van der Waals surface area contributed by atoms with Crippen LogP contribution in [0.25, 0.3) is 0 Å². The minimum absolute atomic E-state index is 0.00684. The number of nitrogens with one attached hydrogen (secondary N) is 2. The third kappa shape index (κ3) is 5.63. The third-order valence-electron chi connectivity index (χ3n) is 3.76. The first-order chi connectivity index (χ1) is 12.0. The van der Waals surface area contributed by atoms with E-state index in [9.17, 15) is 4.79 Å². The molecule has 0 saturated heterocycles. The molecule has 134 valence electrons. The second-order valence-corrected chi connectivity index (χ2v) is 6.02. The van der Waals surface area contributed by atoms with Gasteiger partial charge in [0, 0.05) is 53.0 Å². The summed E-state index contributed by atoms with van der Waals surface area (Å²) in [5, 5.41) is 10.7. The number of amides is 1. The molecular formula is C18H26N6O. The number of aromatic nitrogens is 2. The van der Waals surface area contributed by atoms with Gasteiger partial charge in [-0.05, 0) is 29.7 Å². The van der Waals surface area contributed by atoms with Gasteiger partial charge in [0.05, 0.1) is 6.20 Å². The summed E-state index contributed by atoms with van der Waals surface area (Å²) < 4.78 is 1.80. The van der Waals surface area contributed by atoms with E-state index in [-0.39, 0.29) is 5.91 Å². The van der Waals surface area contributed by atoms with Crippen LogP contribution in [0.4, 0.5) is 0 Å². The number of hydrogen-bond acceptors (Lipinski definition) is 3. The highest BCUT2D eigenvalue weighted by atomic mass is 16.2. The molecular weight excluding hydrogens is 316 g/mol. The predicted octanol–water partition coefficient (Wildman–Crippen LogP) is 1.03. The zero-order valence-electron chi connectivity index (χ0n) is 15.3. The molecule has 0 bridgehead atoms. The van der Waals surface area contributed by atoms with Crippen LogP contribution in [0.15, 0.2) is 41.7 Å². The van der Waals surface area contributed by atoms with E-state index in [1.165, 1.54) is 5.56 Å². The maximum absolute atomic E-state index is 11.9. The van der Waals surface area contributed by atoms with Crippen molar-refractivity contribution in [2.24, 2.45) is 12.0 Å². The lowest BCUT2D eigenvalue weighted by molar-refractivity contribution is 0.0827. The van der Waals surface area contributed by atoms with Crippen LogP contribution in [0.1, 0.15) is 21.5 Å². The zero-order valence-corrected chi connectivity index (χ0v) is 15.3. The topological polar surface area (TPSA) is 74.5 Å². The van der Waals surface area contributed by atoms with Crippen LogP contribution in [-0.4, -0.2) is 54.2 Å². The number of aliphatic imine (C=N–C) groups is 1. The standard InChI is InChI=1S/C18H26N6O/c1-19-18(20-10-9-15-12-22-24(4)13-15)21-11-14-5-7-16(8-6-14)17(25)23(2)3/h5-8,12-13H,9-11H2,1-4H3,(H2,19,20,21). The summed E-state index contributed by atoms with van der Waals surface area (Å²) in [7, 11) is 7.16. The van der Waals surface area contributed by atoms with Gasteiger partial charge in [-0.2, -0.15) is 5.10 Å². The van der Waals surface area contributed by atoms with Crippen LogP contribution in [0.3, 0.4) is 0 Å². The molecule has 2 N–H and O–H groups in total. The number of rotatable bonds is 6. The predicted molar refractivity (Wildman–Crippen MR) is 99.6 cm³/mol. The van der Waals surface area contributed by atoms with E-state index in [2.05, 4.69) is 20.7 Å². The zero-order chi connectivity index (χ0) is 18.2. The first kappa shape index (κ1) is 18.5. The van der Waals surface area contributed by atoms with Gasteiger partial charge in [0.15, 0.2) is 5.96 Å². The Morgan fingerprint density at radius 3 is 2.48 bits per heavy atom. The fraction of sp³-hybridized carbons (Fsp3) is 0.389. The van der Waals surface area contributed by atoms with Gasteiger partial charge in [-0.1, -0.05) is 12.1 Å². The van der Waals surface area contributed by atoms with Crippen molar-refractivity contribution in [2.75, 3.05) is 27.7 Å². The van der Waals surface area contributed by atoms with E-state index in [0.717, 1.165) is 24.5 Å². The van der Waals surface area contributed by atoms with Gasteiger partial charge < -0.3 is 15.5 Å². The number of hydrogen-bond donors (Lipinski definition) is 2. The molecule has 0 spiro atoms. The van der Waals surface area contributed by atoms with Crippen molar-refractivity contribution in [3.63, 3.8) is 0 Å². The van der Waals surface area contributed by atoms with Gasteiger partial charge in [-0.15, -0.1) is 0 Å². The monoisotopic (exact) mass is 342 g/mol. The van der Waals surface area contributed by atoms with Gasteiger partial charge in [0.2, 0.25) is 0 Å². The van der Waals surface area contributed by atoms with E-state index in [1.54, 1.807) is 30.7 Å². The first-order valence-electron chi connectivity index (χ1n) is 8.22. The van der Waals surface area contributed by atoms with E-state index in [4.69, 9.17) is 0 Å². The summed E-state index contributed by atoms with van der Waals surface area (Å²) in [4.78, 5) is 17.7. The van der Waals surface area contributed by atoms with Crippen LogP contribution < -0.4 is 10.6 Å². The number of benzene rings is 1. The Balaban J connectivity index is 1.79. The van der Waals surface area contributed by atoms with Crippen LogP contribution in [0.5, 0.6) is 0 Å². The highest BCUT2D eigenvalue weighted by molar-refractivity contribution is 5.93. The third-order valence-corrected chi connectivity index (χ3v) is 3.76. The Morgan fingerprint density at radius 2 is 1.92 bits per heavy atom. The molecule has 7 heteroatoms. The van der Waals surface area contributed by atoms with Gasteiger partial charge >= 0.3 is 0 Å². The quantitative estimate of drug-likeness (QED) is 0.607.